The quantitative estimate of drug-likeness (QED) is 0.307. The molecular weight excluding hydrogens is 428 g/mol. The monoisotopic (exact) mass is 450 g/mol. The molecule has 2 aliphatic rings. The number of hydrogen-bond acceptors (Lipinski definition) is 7. The Morgan fingerprint density at radius 1 is 0.970 bits per heavy atom. The predicted octanol–water partition coefficient (Wildman–Crippen LogP) is 2.11. The van der Waals surface area contributed by atoms with Crippen LogP contribution in [0.3, 0.4) is 0 Å². The topological polar surface area (TPSA) is 130 Å². The van der Waals surface area contributed by atoms with Gasteiger partial charge in [0, 0.05) is 18.5 Å². The summed E-state index contributed by atoms with van der Waals surface area (Å²) >= 11 is 0. The standard InChI is InChI=1S/C24H22N2O7/c1-12(27)14-4-8-16(9-5-14)26-21(29)18-19(22(26)30)24(3,23(31)32)25-20(18)15-6-10-17(11-7-15)33-13(2)28/h4-11,18-20,25H,1-3H3,(H,31,32). The zero-order chi connectivity index (χ0) is 24.1. The van der Waals surface area contributed by atoms with Crippen molar-refractivity contribution >= 4 is 35.2 Å². The number of nitrogens with zero attached hydrogens (tertiary/aromatic N) is 1. The highest BCUT2D eigenvalue weighted by Gasteiger charge is 2.66. The lowest BCUT2D eigenvalue weighted by molar-refractivity contribution is -0.147. The molecule has 9 nitrogen and oxygen atoms in total. The molecule has 4 atom stereocenters. The maximum absolute atomic E-state index is 13.5. The van der Waals surface area contributed by atoms with Crippen LogP contribution < -0.4 is 15.0 Å². The first-order valence-corrected chi connectivity index (χ1v) is 10.3. The minimum absolute atomic E-state index is 0.155. The first-order valence-electron chi connectivity index (χ1n) is 10.3. The summed E-state index contributed by atoms with van der Waals surface area (Å²) in [6.07, 6.45) is 0. The Labute approximate surface area is 189 Å². The molecule has 0 radical (unpaired) electrons. The lowest BCUT2D eigenvalue weighted by Crippen LogP contribution is -2.53. The van der Waals surface area contributed by atoms with Crippen molar-refractivity contribution in [2.45, 2.75) is 32.4 Å². The molecule has 0 aromatic heterocycles. The van der Waals surface area contributed by atoms with Gasteiger partial charge >= 0.3 is 11.9 Å². The number of carboxylic acid groups (broad SMARTS) is 1. The van der Waals surface area contributed by atoms with Crippen LogP contribution in [0.25, 0.3) is 0 Å². The Kier molecular flexibility index (Phi) is 5.37. The van der Waals surface area contributed by atoms with E-state index in [9.17, 15) is 29.1 Å². The van der Waals surface area contributed by atoms with E-state index in [2.05, 4.69) is 5.32 Å². The Bertz CT molecular complexity index is 1170. The van der Waals surface area contributed by atoms with Gasteiger partial charge in [0.05, 0.1) is 17.5 Å². The van der Waals surface area contributed by atoms with Crippen LogP contribution in [0.15, 0.2) is 48.5 Å². The van der Waals surface area contributed by atoms with Crippen molar-refractivity contribution in [2.75, 3.05) is 4.90 Å². The number of hydrogen-bond donors (Lipinski definition) is 2. The second kappa shape index (κ2) is 7.93. The normalized spacial score (nSPS) is 26.3. The number of aliphatic carboxylic acids is 1. The Hall–Kier alpha value is -3.85. The van der Waals surface area contributed by atoms with Gasteiger partial charge in [0.25, 0.3) is 0 Å². The molecule has 0 spiro atoms. The van der Waals surface area contributed by atoms with Crippen molar-refractivity contribution < 1.29 is 33.8 Å². The predicted molar refractivity (Wildman–Crippen MR) is 116 cm³/mol. The van der Waals surface area contributed by atoms with Gasteiger partial charge in [-0.15, -0.1) is 0 Å². The SMILES string of the molecule is CC(=O)Oc1ccc(C2NC(C)(C(=O)O)C3C(=O)N(c4ccc(C(C)=O)cc4)C(=O)C23)cc1. The molecule has 170 valence electrons. The first-order chi connectivity index (χ1) is 15.5. The first kappa shape index (κ1) is 22.3. The van der Waals surface area contributed by atoms with Gasteiger partial charge in [-0.3, -0.25) is 29.3 Å². The number of Topliss-reactive ketones (excluding diaryl/α,β-unsaturated/α-hetero) is 1. The molecule has 2 aromatic rings. The van der Waals surface area contributed by atoms with Gasteiger partial charge in [-0.25, -0.2) is 4.90 Å². The maximum atomic E-state index is 13.5. The number of esters is 1. The molecule has 2 heterocycles. The number of imide groups is 1. The number of nitrogens with one attached hydrogen (secondary N) is 1. The minimum Gasteiger partial charge on any atom is -0.480 e. The number of ether oxygens (including phenoxy) is 1. The van der Waals surface area contributed by atoms with Crippen molar-refractivity contribution in [2.24, 2.45) is 11.8 Å². The van der Waals surface area contributed by atoms with Gasteiger partial charge in [-0.2, -0.15) is 0 Å². The minimum atomic E-state index is -1.68. The fourth-order valence-electron chi connectivity index (χ4n) is 4.63. The van der Waals surface area contributed by atoms with E-state index in [4.69, 9.17) is 4.74 Å². The van der Waals surface area contributed by atoms with Gasteiger partial charge in [0.15, 0.2) is 5.78 Å². The summed E-state index contributed by atoms with van der Waals surface area (Å²) < 4.78 is 5.03. The molecule has 4 unspecified atom stereocenters. The maximum Gasteiger partial charge on any atom is 0.324 e. The molecular formula is C24H22N2O7. The van der Waals surface area contributed by atoms with E-state index in [0.717, 1.165) is 4.90 Å². The number of amides is 2. The van der Waals surface area contributed by atoms with E-state index in [0.29, 0.717) is 16.9 Å². The zero-order valence-electron chi connectivity index (χ0n) is 18.2. The molecule has 2 N–H and O–H groups in total. The lowest BCUT2D eigenvalue weighted by Gasteiger charge is -2.27. The Morgan fingerprint density at radius 3 is 2.09 bits per heavy atom. The number of carbonyl (C=O) groups excluding carboxylic acids is 4. The molecule has 33 heavy (non-hydrogen) atoms. The lowest BCUT2D eigenvalue weighted by atomic mass is 9.80. The van der Waals surface area contributed by atoms with Crippen molar-refractivity contribution in [3.8, 4) is 5.75 Å². The van der Waals surface area contributed by atoms with Crippen LogP contribution >= 0.6 is 0 Å². The van der Waals surface area contributed by atoms with Crippen molar-refractivity contribution in [3.63, 3.8) is 0 Å². The highest BCUT2D eigenvalue weighted by atomic mass is 16.5. The number of fused-ring (bicyclic) bond motifs is 1. The van der Waals surface area contributed by atoms with Crippen molar-refractivity contribution in [1.29, 1.82) is 0 Å². The molecule has 0 bridgehead atoms. The summed E-state index contributed by atoms with van der Waals surface area (Å²) in [7, 11) is 0. The molecule has 0 aliphatic carbocycles. The van der Waals surface area contributed by atoms with Gasteiger partial charge < -0.3 is 9.84 Å². The Morgan fingerprint density at radius 2 is 1.58 bits per heavy atom. The van der Waals surface area contributed by atoms with Gasteiger partial charge in [0.1, 0.15) is 11.3 Å². The molecule has 2 aliphatic heterocycles. The largest absolute Gasteiger partial charge is 0.480 e. The summed E-state index contributed by atoms with van der Waals surface area (Å²) in [5.74, 6) is -4.79. The number of carboxylic acids is 1. The summed E-state index contributed by atoms with van der Waals surface area (Å²) in [4.78, 5) is 62.7. The molecule has 0 saturated carbocycles. The van der Waals surface area contributed by atoms with Crippen LogP contribution in [0.2, 0.25) is 0 Å². The third-order valence-corrected chi connectivity index (χ3v) is 6.26. The summed E-state index contributed by atoms with van der Waals surface area (Å²) in [6, 6.07) is 11.6. The van der Waals surface area contributed by atoms with Crippen LogP contribution in [-0.2, 0) is 19.2 Å². The number of rotatable bonds is 5. The van der Waals surface area contributed by atoms with Crippen LogP contribution in [0.5, 0.6) is 5.75 Å². The van der Waals surface area contributed by atoms with E-state index >= 15 is 0 Å². The fraction of sp³-hybridized carbons (Fsp3) is 0.292. The van der Waals surface area contributed by atoms with Crippen molar-refractivity contribution in [3.05, 3.63) is 59.7 Å². The average Bonchev–Trinajstić information content (AvgIpc) is 3.22. The number of anilines is 1. The highest BCUT2D eigenvalue weighted by molar-refractivity contribution is 6.24. The molecule has 2 amide bonds. The molecule has 9 heteroatoms. The summed E-state index contributed by atoms with van der Waals surface area (Å²) in [5.41, 5.74) is -0.382. The highest BCUT2D eigenvalue weighted by Crippen LogP contribution is 2.49. The third kappa shape index (κ3) is 3.60. The summed E-state index contributed by atoms with van der Waals surface area (Å²) in [5, 5.41) is 12.9. The van der Waals surface area contributed by atoms with E-state index in [-0.39, 0.29) is 11.5 Å². The fourth-order valence-corrected chi connectivity index (χ4v) is 4.63. The number of benzene rings is 2. The van der Waals surface area contributed by atoms with E-state index < -0.39 is 47.2 Å². The second-order valence-electron chi connectivity index (χ2n) is 8.41. The zero-order valence-corrected chi connectivity index (χ0v) is 18.2. The van der Waals surface area contributed by atoms with Gasteiger partial charge in [0.2, 0.25) is 11.8 Å². The van der Waals surface area contributed by atoms with Crippen LogP contribution in [-0.4, -0.2) is 40.2 Å². The van der Waals surface area contributed by atoms with Gasteiger partial charge in [-0.1, -0.05) is 12.1 Å². The molecule has 2 saturated heterocycles. The Balaban J connectivity index is 1.73. The third-order valence-electron chi connectivity index (χ3n) is 6.26. The molecule has 2 fully saturated rings. The van der Waals surface area contributed by atoms with Crippen LogP contribution in [0, 0.1) is 11.8 Å². The second-order valence-corrected chi connectivity index (χ2v) is 8.41. The van der Waals surface area contributed by atoms with Gasteiger partial charge in [-0.05, 0) is 55.8 Å². The van der Waals surface area contributed by atoms with Crippen LogP contribution in [0.1, 0.15) is 42.7 Å². The van der Waals surface area contributed by atoms with E-state index in [1.807, 2.05) is 0 Å². The van der Waals surface area contributed by atoms with E-state index in [1.165, 1.54) is 45.0 Å². The summed E-state index contributed by atoms with van der Waals surface area (Å²) in [6.45, 7) is 4.08. The van der Waals surface area contributed by atoms with Crippen molar-refractivity contribution in [1.82, 2.24) is 5.32 Å². The molecule has 2 aromatic carbocycles. The smallest absolute Gasteiger partial charge is 0.324 e. The average molecular weight is 450 g/mol. The molecule has 4 rings (SSSR count). The van der Waals surface area contributed by atoms with Crippen LogP contribution in [0.4, 0.5) is 5.69 Å². The number of ketones is 1. The number of carbonyl (C=O) groups is 5. The van der Waals surface area contributed by atoms with E-state index in [1.54, 1.807) is 24.3 Å².